The summed E-state index contributed by atoms with van der Waals surface area (Å²) in [5.74, 6) is 0. The first-order chi connectivity index (χ1) is 19.2. The predicted octanol–water partition coefficient (Wildman–Crippen LogP) is 11.7. The number of rotatable bonds is 26. The van der Waals surface area contributed by atoms with Crippen molar-refractivity contribution in [1.29, 1.82) is 0 Å². The van der Waals surface area contributed by atoms with Crippen LogP contribution in [0.25, 0.3) is 11.0 Å². The summed E-state index contributed by atoms with van der Waals surface area (Å²) in [7, 11) is 0. The maximum atomic E-state index is 6.27. The van der Waals surface area contributed by atoms with E-state index in [4.69, 9.17) is 19.4 Å². The number of hydrogen-bond donors (Lipinski definition) is 0. The highest BCUT2D eigenvalue weighted by molar-refractivity contribution is 7.09. The van der Waals surface area contributed by atoms with Gasteiger partial charge in [-0.3, -0.25) is 0 Å². The summed E-state index contributed by atoms with van der Waals surface area (Å²) in [5.41, 5.74) is 3.83. The smallest absolute Gasteiger partial charge is 0.0998 e. The molecule has 39 heavy (non-hydrogen) atoms. The summed E-state index contributed by atoms with van der Waals surface area (Å²) in [6, 6.07) is 0. The van der Waals surface area contributed by atoms with Gasteiger partial charge < -0.3 is 9.47 Å². The van der Waals surface area contributed by atoms with E-state index in [0.717, 1.165) is 48.5 Å². The molecule has 0 aliphatic rings. The molecule has 2 aromatic heterocycles. The van der Waals surface area contributed by atoms with Crippen molar-refractivity contribution in [2.75, 3.05) is 13.2 Å². The maximum absolute atomic E-state index is 6.27. The summed E-state index contributed by atoms with van der Waals surface area (Å²) in [6.45, 7) is 10.4. The number of fused-ring (bicyclic) bond motifs is 1. The second-order valence-electron chi connectivity index (χ2n) is 11.5. The molecule has 0 aromatic carbocycles. The number of ether oxygens (including phenoxy) is 2. The molecule has 2 atom stereocenters. The molecule has 0 saturated carbocycles. The summed E-state index contributed by atoms with van der Waals surface area (Å²) in [5, 5.41) is 4.17. The van der Waals surface area contributed by atoms with Crippen LogP contribution in [0, 0.1) is 0 Å². The monoisotopic (exact) mass is 560 g/mol. The molecule has 2 aromatic rings. The van der Waals surface area contributed by atoms with E-state index in [1.54, 1.807) is 11.3 Å². The predicted molar refractivity (Wildman–Crippen MR) is 170 cm³/mol. The summed E-state index contributed by atoms with van der Waals surface area (Å²) >= 11 is 1.66. The Morgan fingerprint density at radius 3 is 1.15 bits per heavy atom. The highest BCUT2D eigenvalue weighted by Gasteiger charge is 2.21. The molecule has 2 rings (SSSR count). The van der Waals surface area contributed by atoms with E-state index in [1.165, 1.54) is 116 Å². The molecule has 0 saturated heterocycles. The van der Waals surface area contributed by atoms with Crippen molar-refractivity contribution in [2.24, 2.45) is 0 Å². The van der Waals surface area contributed by atoms with Crippen molar-refractivity contribution in [3.63, 3.8) is 0 Å². The normalized spacial score (nSPS) is 13.3. The van der Waals surface area contributed by atoms with Gasteiger partial charge in [-0.05, 0) is 26.7 Å². The van der Waals surface area contributed by atoms with Crippen LogP contribution in [-0.4, -0.2) is 23.2 Å². The average molecular weight is 561 g/mol. The van der Waals surface area contributed by atoms with Crippen LogP contribution in [0.15, 0.2) is 10.8 Å². The fourth-order valence-corrected chi connectivity index (χ4v) is 5.95. The SMILES string of the molecule is CCCCCCCCCCCCOC(C)c1nc2cscc2nc1C(C)OCCCCCCCCCCCC. The zero-order chi connectivity index (χ0) is 28.0. The molecule has 0 bridgehead atoms. The van der Waals surface area contributed by atoms with Gasteiger partial charge in [0.1, 0.15) is 0 Å². The summed E-state index contributed by atoms with van der Waals surface area (Å²) in [4.78, 5) is 9.95. The van der Waals surface area contributed by atoms with Crippen LogP contribution in [0.4, 0.5) is 0 Å². The fraction of sp³-hybridized carbons (Fsp3) is 0.824. The van der Waals surface area contributed by atoms with E-state index in [0.29, 0.717) is 0 Å². The number of aromatic nitrogens is 2. The summed E-state index contributed by atoms with van der Waals surface area (Å²) in [6.07, 6.45) is 26.6. The van der Waals surface area contributed by atoms with E-state index >= 15 is 0 Å². The standard InChI is InChI=1S/C34H60N2O2S/c1-5-7-9-11-13-15-17-19-21-23-25-37-29(3)33-34(36-32-28-39-27-31(32)35-33)30(4)38-26-24-22-20-18-16-14-12-10-8-6-2/h27-30H,5-26H2,1-4H3. The molecule has 5 heteroatoms. The van der Waals surface area contributed by atoms with Crippen molar-refractivity contribution in [3.8, 4) is 0 Å². The first kappa shape index (κ1) is 34.2. The Bertz CT molecular complexity index is 774. The highest BCUT2D eigenvalue weighted by atomic mass is 32.1. The molecule has 0 N–H and O–H groups in total. The van der Waals surface area contributed by atoms with Crippen molar-refractivity contribution in [2.45, 2.75) is 168 Å². The zero-order valence-corrected chi connectivity index (χ0v) is 26.8. The zero-order valence-electron chi connectivity index (χ0n) is 26.0. The van der Waals surface area contributed by atoms with E-state index in [1.807, 2.05) is 0 Å². The van der Waals surface area contributed by atoms with Crippen LogP contribution in [0.5, 0.6) is 0 Å². The van der Waals surface area contributed by atoms with Gasteiger partial charge in [0.25, 0.3) is 0 Å². The molecule has 0 aliphatic carbocycles. The van der Waals surface area contributed by atoms with E-state index < -0.39 is 0 Å². The Kier molecular flexibility index (Phi) is 19.8. The minimum absolute atomic E-state index is 0.0706. The quantitative estimate of drug-likeness (QED) is 0.107. The third kappa shape index (κ3) is 15.0. The lowest BCUT2D eigenvalue weighted by Crippen LogP contribution is -2.13. The van der Waals surface area contributed by atoms with E-state index in [2.05, 4.69) is 38.5 Å². The Morgan fingerprint density at radius 1 is 0.513 bits per heavy atom. The molecule has 0 fully saturated rings. The average Bonchev–Trinajstić information content (AvgIpc) is 3.41. The van der Waals surface area contributed by atoms with Crippen LogP contribution in [-0.2, 0) is 9.47 Å². The number of nitrogens with zero attached hydrogens (tertiary/aromatic N) is 2. The first-order valence-corrected chi connectivity index (χ1v) is 17.6. The van der Waals surface area contributed by atoms with Gasteiger partial charge in [0.05, 0.1) is 34.6 Å². The van der Waals surface area contributed by atoms with Gasteiger partial charge >= 0.3 is 0 Å². The van der Waals surface area contributed by atoms with Gasteiger partial charge in [-0.25, -0.2) is 9.97 Å². The number of thiophene rings is 1. The summed E-state index contributed by atoms with van der Waals surface area (Å²) < 4.78 is 12.5. The van der Waals surface area contributed by atoms with Gasteiger partial charge in [-0.15, -0.1) is 11.3 Å². The van der Waals surface area contributed by atoms with Gasteiger partial charge in [0.15, 0.2) is 0 Å². The minimum atomic E-state index is -0.0706. The minimum Gasteiger partial charge on any atom is -0.372 e. The third-order valence-electron chi connectivity index (χ3n) is 7.87. The molecular weight excluding hydrogens is 500 g/mol. The molecule has 0 aliphatic heterocycles. The maximum Gasteiger partial charge on any atom is 0.0998 e. The number of unbranched alkanes of at least 4 members (excludes halogenated alkanes) is 18. The molecular formula is C34H60N2O2S. The molecule has 224 valence electrons. The largest absolute Gasteiger partial charge is 0.372 e. The van der Waals surface area contributed by atoms with Crippen molar-refractivity contribution < 1.29 is 9.47 Å². The Balaban J connectivity index is 1.68. The van der Waals surface area contributed by atoms with Crippen LogP contribution in [0.2, 0.25) is 0 Å². The lowest BCUT2D eigenvalue weighted by molar-refractivity contribution is 0.0427. The second-order valence-corrected chi connectivity index (χ2v) is 12.3. The van der Waals surface area contributed by atoms with Gasteiger partial charge in [-0.2, -0.15) is 0 Å². The Hall–Kier alpha value is -1.04. The molecule has 2 unspecified atom stereocenters. The topological polar surface area (TPSA) is 44.2 Å². The highest BCUT2D eigenvalue weighted by Crippen LogP contribution is 2.29. The first-order valence-electron chi connectivity index (χ1n) is 16.6. The second kappa shape index (κ2) is 22.6. The molecule has 2 heterocycles. The van der Waals surface area contributed by atoms with Crippen LogP contribution in [0.1, 0.15) is 180 Å². The third-order valence-corrected chi connectivity index (χ3v) is 8.59. The molecule has 4 nitrogen and oxygen atoms in total. The number of hydrogen-bond acceptors (Lipinski definition) is 5. The molecule has 0 radical (unpaired) electrons. The Morgan fingerprint density at radius 2 is 0.821 bits per heavy atom. The van der Waals surface area contributed by atoms with E-state index in [9.17, 15) is 0 Å². The Labute approximate surface area is 245 Å². The van der Waals surface area contributed by atoms with Gasteiger partial charge in [-0.1, -0.05) is 129 Å². The fourth-order valence-electron chi connectivity index (χ4n) is 5.28. The lowest BCUT2D eigenvalue weighted by Gasteiger charge is -2.20. The van der Waals surface area contributed by atoms with Crippen molar-refractivity contribution in [3.05, 3.63) is 22.1 Å². The van der Waals surface area contributed by atoms with Crippen LogP contribution in [0.3, 0.4) is 0 Å². The lowest BCUT2D eigenvalue weighted by atomic mass is 10.1. The molecule has 0 spiro atoms. The van der Waals surface area contributed by atoms with Crippen molar-refractivity contribution >= 4 is 22.4 Å². The molecule has 0 amide bonds. The van der Waals surface area contributed by atoms with Crippen LogP contribution < -0.4 is 0 Å². The van der Waals surface area contributed by atoms with E-state index in [-0.39, 0.29) is 12.2 Å². The van der Waals surface area contributed by atoms with Gasteiger partial charge in [0, 0.05) is 24.0 Å². The van der Waals surface area contributed by atoms with Crippen molar-refractivity contribution in [1.82, 2.24) is 9.97 Å². The van der Waals surface area contributed by atoms with Crippen LogP contribution >= 0.6 is 11.3 Å². The van der Waals surface area contributed by atoms with Gasteiger partial charge in [0.2, 0.25) is 0 Å².